The third-order valence-electron chi connectivity index (χ3n) is 3.96. The highest BCUT2D eigenvalue weighted by molar-refractivity contribution is 7.80. The number of nitrogens with two attached hydrogens (primary N) is 1. The number of thiocarbonyl (C=S) groups is 1. The van der Waals surface area contributed by atoms with Gasteiger partial charge in [-0.15, -0.1) is 0 Å². The molecule has 0 radical (unpaired) electrons. The molecule has 1 aromatic carbocycles. The zero-order chi connectivity index (χ0) is 14.5. The zero-order valence-corrected chi connectivity index (χ0v) is 12.5. The summed E-state index contributed by atoms with van der Waals surface area (Å²) in [6.07, 6.45) is 2.19. The molecule has 2 rings (SSSR count). The molecule has 0 saturated carbocycles. The van der Waals surface area contributed by atoms with E-state index in [4.69, 9.17) is 23.2 Å². The Morgan fingerprint density at radius 2 is 1.90 bits per heavy atom. The van der Waals surface area contributed by atoms with Gasteiger partial charge in [-0.1, -0.05) is 42.5 Å². The lowest BCUT2D eigenvalue weighted by molar-refractivity contribution is 0.263. The van der Waals surface area contributed by atoms with Gasteiger partial charge in [0.05, 0.1) is 0 Å². The molecule has 0 atom stereocenters. The van der Waals surface area contributed by atoms with Crippen molar-refractivity contribution in [1.29, 1.82) is 5.26 Å². The second kappa shape index (κ2) is 6.53. The summed E-state index contributed by atoms with van der Waals surface area (Å²) in [5.74, 6) is 0.607. The second-order valence-corrected chi connectivity index (χ2v) is 5.55. The maximum atomic E-state index is 9.13. The van der Waals surface area contributed by atoms with Crippen LogP contribution >= 0.6 is 12.2 Å². The normalized spacial score (nSPS) is 17.3. The van der Waals surface area contributed by atoms with Gasteiger partial charge < -0.3 is 10.6 Å². The number of nitriles is 1. The number of rotatable bonds is 3. The van der Waals surface area contributed by atoms with E-state index >= 15 is 0 Å². The predicted molar refractivity (Wildman–Crippen MR) is 85.1 cm³/mol. The molecule has 0 aromatic heterocycles. The fourth-order valence-corrected chi connectivity index (χ4v) is 2.94. The number of nitrogens with zero attached hydrogens (tertiary/aromatic N) is 2. The summed E-state index contributed by atoms with van der Waals surface area (Å²) in [7, 11) is 0. The average molecular weight is 285 g/mol. The van der Waals surface area contributed by atoms with Gasteiger partial charge in [0.15, 0.2) is 0 Å². The summed E-state index contributed by atoms with van der Waals surface area (Å²) >= 11 is 4.93. The minimum Gasteiger partial charge on any atom is -0.389 e. The topological polar surface area (TPSA) is 53.1 Å². The van der Waals surface area contributed by atoms with Crippen LogP contribution in [-0.4, -0.2) is 23.0 Å². The van der Waals surface area contributed by atoms with Crippen LogP contribution in [0.5, 0.6) is 0 Å². The molecule has 1 aliphatic rings. The van der Waals surface area contributed by atoms with Gasteiger partial charge in [-0.3, -0.25) is 0 Å². The van der Waals surface area contributed by atoms with Gasteiger partial charge in [0.25, 0.3) is 0 Å². The molecule has 0 spiro atoms. The molecule has 3 nitrogen and oxygen atoms in total. The highest BCUT2D eigenvalue weighted by atomic mass is 32.1. The van der Waals surface area contributed by atoms with Crippen molar-refractivity contribution >= 4 is 17.2 Å². The van der Waals surface area contributed by atoms with Crippen molar-refractivity contribution in [1.82, 2.24) is 4.90 Å². The first kappa shape index (κ1) is 14.5. The molecule has 1 aliphatic heterocycles. The van der Waals surface area contributed by atoms with Gasteiger partial charge in [-0.05, 0) is 31.2 Å². The van der Waals surface area contributed by atoms with Crippen molar-refractivity contribution in [3.63, 3.8) is 0 Å². The smallest absolute Gasteiger partial charge is 0.116 e. The Kier molecular flexibility index (Phi) is 4.75. The van der Waals surface area contributed by atoms with E-state index in [0.717, 1.165) is 31.6 Å². The van der Waals surface area contributed by atoms with Crippen LogP contribution < -0.4 is 5.73 Å². The highest BCUT2D eigenvalue weighted by Gasteiger charge is 2.22. The van der Waals surface area contributed by atoms with Crippen LogP contribution in [0.15, 0.2) is 41.6 Å². The largest absolute Gasteiger partial charge is 0.389 e. The molecule has 2 N–H and O–H groups in total. The first-order valence-corrected chi connectivity index (χ1v) is 7.25. The number of piperidine rings is 1. The molecular weight excluding hydrogens is 266 g/mol. The van der Waals surface area contributed by atoms with E-state index in [-0.39, 0.29) is 4.99 Å². The summed E-state index contributed by atoms with van der Waals surface area (Å²) in [6, 6.07) is 12.7. The van der Waals surface area contributed by atoms with E-state index < -0.39 is 0 Å². The SMILES string of the molecule is CC(=C(C#N)C(N)=S)N1CCC(c2ccccc2)CC1. The van der Waals surface area contributed by atoms with Crippen LogP contribution in [0.25, 0.3) is 0 Å². The lowest BCUT2D eigenvalue weighted by atomic mass is 9.89. The van der Waals surface area contributed by atoms with Crippen LogP contribution in [0.4, 0.5) is 0 Å². The maximum absolute atomic E-state index is 9.13. The molecule has 0 aliphatic carbocycles. The van der Waals surface area contributed by atoms with Gasteiger partial charge in [0, 0.05) is 18.8 Å². The molecule has 1 saturated heterocycles. The Bertz CT molecular complexity index is 549. The Hall–Kier alpha value is -1.86. The standard InChI is InChI=1S/C16H19N3S/c1-12(15(11-17)16(18)20)19-9-7-14(8-10-19)13-5-3-2-4-6-13/h2-6,14H,7-10H2,1H3,(H2,18,20). The van der Waals surface area contributed by atoms with Gasteiger partial charge in [-0.2, -0.15) is 5.26 Å². The summed E-state index contributed by atoms with van der Waals surface area (Å²) in [6.45, 7) is 3.82. The van der Waals surface area contributed by atoms with E-state index in [1.165, 1.54) is 5.56 Å². The van der Waals surface area contributed by atoms with E-state index in [2.05, 4.69) is 35.2 Å². The van der Waals surface area contributed by atoms with E-state index in [0.29, 0.717) is 11.5 Å². The molecule has 0 amide bonds. The summed E-state index contributed by atoms with van der Waals surface area (Å²) in [4.78, 5) is 2.41. The lowest BCUT2D eigenvalue weighted by Gasteiger charge is -2.34. The zero-order valence-electron chi connectivity index (χ0n) is 11.7. The molecule has 1 heterocycles. The molecule has 4 heteroatoms. The van der Waals surface area contributed by atoms with Crippen molar-refractivity contribution in [2.24, 2.45) is 5.73 Å². The number of hydrogen-bond acceptors (Lipinski definition) is 3. The van der Waals surface area contributed by atoms with Crippen molar-refractivity contribution in [3.8, 4) is 6.07 Å². The predicted octanol–water partition coefficient (Wildman–Crippen LogP) is 2.95. The van der Waals surface area contributed by atoms with Crippen LogP contribution in [-0.2, 0) is 0 Å². The molecule has 0 unspecified atom stereocenters. The van der Waals surface area contributed by atoms with Crippen LogP contribution in [0.2, 0.25) is 0 Å². The summed E-state index contributed by atoms with van der Waals surface area (Å²) in [5.41, 5.74) is 8.36. The number of allylic oxidation sites excluding steroid dienone is 1. The Balaban J connectivity index is 2.05. The van der Waals surface area contributed by atoms with Gasteiger partial charge in [0.2, 0.25) is 0 Å². The number of likely N-dealkylation sites (tertiary alicyclic amines) is 1. The fraction of sp³-hybridized carbons (Fsp3) is 0.375. The molecule has 104 valence electrons. The second-order valence-electron chi connectivity index (χ2n) is 5.11. The summed E-state index contributed by atoms with van der Waals surface area (Å²) in [5, 5.41) is 9.13. The highest BCUT2D eigenvalue weighted by Crippen LogP contribution is 2.29. The van der Waals surface area contributed by atoms with E-state index in [9.17, 15) is 0 Å². The molecular formula is C16H19N3S. The van der Waals surface area contributed by atoms with Gasteiger partial charge in [-0.25, -0.2) is 0 Å². The Morgan fingerprint density at radius 1 is 1.30 bits per heavy atom. The van der Waals surface area contributed by atoms with E-state index in [1.54, 1.807) is 0 Å². The lowest BCUT2D eigenvalue weighted by Crippen LogP contribution is -2.33. The summed E-state index contributed by atoms with van der Waals surface area (Å²) < 4.78 is 0. The Morgan fingerprint density at radius 3 is 2.40 bits per heavy atom. The molecule has 1 aromatic rings. The number of benzene rings is 1. The van der Waals surface area contributed by atoms with Crippen molar-refractivity contribution in [2.75, 3.05) is 13.1 Å². The third-order valence-corrected chi connectivity index (χ3v) is 4.16. The average Bonchev–Trinajstić information content (AvgIpc) is 2.48. The molecule has 20 heavy (non-hydrogen) atoms. The molecule has 0 bridgehead atoms. The van der Waals surface area contributed by atoms with E-state index in [1.807, 2.05) is 13.0 Å². The maximum Gasteiger partial charge on any atom is 0.116 e. The Labute approximate surface area is 125 Å². The minimum atomic E-state index is 0.190. The van der Waals surface area contributed by atoms with Gasteiger partial charge >= 0.3 is 0 Å². The first-order chi connectivity index (χ1) is 9.63. The minimum absolute atomic E-state index is 0.190. The quantitative estimate of drug-likeness (QED) is 0.527. The van der Waals surface area contributed by atoms with Gasteiger partial charge in [0.1, 0.15) is 16.6 Å². The third kappa shape index (κ3) is 3.17. The van der Waals surface area contributed by atoms with Crippen molar-refractivity contribution in [3.05, 3.63) is 47.2 Å². The van der Waals surface area contributed by atoms with Crippen LogP contribution in [0.3, 0.4) is 0 Å². The van der Waals surface area contributed by atoms with Crippen LogP contribution in [0.1, 0.15) is 31.2 Å². The monoisotopic (exact) mass is 285 g/mol. The molecule has 1 fully saturated rings. The fourth-order valence-electron chi connectivity index (χ4n) is 2.75. The van der Waals surface area contributed by atoms with Crippen molar-refractivity contribution in [2.45, 2.75) is 25.7 Å². The number of hydrogen-bond donors (Lipinski definition) is 1. The van der Waals surface area contributed by atoms with Crippen LogP contribution in [0, 0.1) is 11.3 Å². The van der Waals surface area contributed by atoms with Crippen molar-refractivity contribution < 1.29 is 0 Å². The first-order valence-electron chi connectivity index (χ1n) is 6.84.